The number of benzene rings is 1. The average Bonchev–Trinajstić information content (AvgIpc) is 2.01. The zero-order valence-electron chi connectivity index (χ0n) is 8.30. The van der Waals surface area contributed by atoms with Gasteiger partial charge in [-0.1, -0.05) is 61.4 Å². The van der Waals surface area contributed by atoms with Crippen molar-refractivity contribution < 1.29 is 0 Å². The van der Waals surface area contributed by atoms with Gasteiger partial charge in [-0.3, -0.25) is 0 Å². The summed E-state index contributed by atoms with van der Waals surface area (Å²) in [6.45, 7) is 6.70. The van der Waals surface area contributed by atoms with E-state index in [0.717, 1.165) is 5.82 Å². The molecule has 0 bridgehead atoms. The van der Waals surface area contributed by atoms with Gasteiger partial charge in [-0.2, -0.15) is 0 Å². The summed E-state index contributed by atoms with van der Waals surface area (Å²) in [6, 6.07) is 8.79. The highest BCUT2D eigenvalue weighted by atomic mass is 13.9. The third-order valence-corrected chi connectivity index (χ3v) is 2.09. The quantitative estimate of drug-likeness (QED) is 0.596. The molecule has 0 spiro atoms. The zero-order valence-corrected chi connectivity index (χ0v) is 8.30. The summed E-state index contributed by atoms with van der Waals surface area (Å²) in [5.74, 6) is 0.811. The van der Waals surface area contributed by atoms with E-state index < -0.39 is 0 Å². The van der Waals surface area contributed by atoms with Crippen molar-refractivity contribution in [1.82, 2.24) is 0 Å². The van der Waals surface area contributed by atoms with Crippen molar-refractivity contribution in [2.45, 2.75) is 32.9 Å². The summed E-state index contributed by atoms with van der Waals surface area (Å²) in [5, 5.41) is 0. The van der Waals surface area contributed by atoms with Gasteiger partial charge in [0.1, 0.15) is 7.28 Å². The molecule has 0 aliphatic carbocycles. The Balaban J connectivity index is 2.52. The lowest BCUT2D eigenvalue weighted by atomic mass is 9.62. The van der Waals surface area contributed by atoms with E-state index in [4.69, 9.17) is 0 Å². The zero-order chi connectivity index (χ0) is 8.97. The van der Waals surface area contributed by atoms with Crippen molar-refractivity contribution >= 4 is 7.28 Å². The number of hydrogen-bond donors (Lipinski definition) is 0. The Hall–Kier alpha value is -0.715. The minimum atomic E-state index is 0.811. The van der Waals surface area contributed by atoms with Gasteiger partial charge in [0.05, 0.1) is 0 Å². The van der Waals surface area contributed by atoms with Gasteiger partial charge in [0.15, 0.2) is 0 Å². The summed E-state index contributed by atoms with van der Waals surface area (Å²) < 4.78 is 0. The summed E-state index contributed by atoms with van der Waals surface area (Å²) in [4.78, 5) is 0. The van der Waals surface area contributed by atoms with Gasteiger partial charge >= 0.3 is 0 Å². The number of rotatable bonds is 3. The molecule has 1 aromatic carbocycles. The Morgan fingerprint density at radius 3 is 2.67 bits per heavy atom. The fourth-order valence-electron chi connectivity index (χ4n) is 1.32. The molecule has 1 heteroatoms. The molecule has 0 nitrogen and oxygen atoms in total. The Morgan fingerprint density at radius 2 is 2.08 bits per heavy atom. The maximum absolute atomic E-state index is 2.28. The van der Waals surface area contributed by atoms with Crippen LogP contribution in [0.3, 0.4) is 0 Å². The SMILES string of the molecule is Cc1cccc(CBC(C)C)c1. The summed E-state index contributed by atoms with van der Waals surface area (Å²) >= 11 is 0. The maximum Gasteiger partial charge on any atom is 0.128 e. The van der Waals surface area contributed by atoms with Gasteiger partial charge in [-0.25, -0.2) is 0 Å². The molecule has 0 radical (unpaired) electrons. The Labute approximate surface area is 76.2 Å². The highest BCUT2D eigenvalue weighted by Crippen LogP contribution is 2.07. The molecule has 12 heavy (non-hydrogen) atoms. The standard InChI is InChI=1S/C11H17B/c1-9(2)12-8-11-6-4-5-10(3)7-11/h4-7,9,12H,8H2,1-3H3. The second kappa shape index (κ2) is 4.35. The molecule has 0 saturated heterocycles. The van der Waals surface area contributed by atoms with Crippen LogP contribution in [0.4, 0.5) is 0 Å². The van der Waals surface area contributed by atoms with E-state index in [0.29, 0.717) is 0 Å². The Kier molecular flexibility index (Phi) is 3.39. The molecule has 0 unspecified atom stereocenters. The first kappa shape index (κ1) is 9.37. The van der Waals surface area contributed by atoms with Crippen LogP contribution in [0.2, 0.25) is 5.82 Å². The van der Waals surface area contributed by atoms with Gasteiger partial charge < -0.3 is 0 Å². The monoisotopic (exact) mass is 160 g/mol. The fourth-order valence-corrected chi connectivity index (χ4v) is 1.32. The first-order valence-electron chi connectivity index (χ1n) is 4.74. The lowest BCUT2D eigenvalue weighted by Gasteiger charge is -2.03. The predicted octanol–water partition coefficient (Wildman–Crippen LogP) is 2.76. The number of aryl methyl sites for hydroxylation is 1. The van der Waals surface area contributed by atoms with Crippen LogP contribution in [0.25, 0.3) is 0 Å². The molecule has 0 aliphatic rings. The van der Waals surface area contributed by atoms with E-state index in [-0.39, 0.29) is 0 Å². The Morgan fingerprint density at radius 1 is 1.33 bits per heavy atom. The summed E-state index contributed by atoms with van der Waals surface area (Å²) in [6.07, 6.45) is 1.22. The van der Waals surface area contributed by atoms with E-state index in [9.17, 15) is 0 Å². The van der Waals surface area contributed by atoms with E-state index in [1.54, 1.807) is 0 Å². The smallest absolute Gasteiger partial charge is 0.0709 e. The molecule has 0 amide bonds. The van der Waals surface area contributed by atoms with Crippen LogP contribution < -0.4 is 0 Å². The van der Waals surface area contributed by atoms with Gasteiger partial charge in [-0.05, 0) is 6.92 Å². The molecule has 0 fully saturated rings. The van der Waals surface area contributed by atoms with Crippen molar-refractivity contribution in [3.63, 3.8) is 0 Å². The molecule has 64 valence electrons. The van der Waals surface area contributed by atoms with Crippen LogP contribution in [-0.2, 0) is 6.32 Å². The van der Waals surface area contributed by atoms with Gasteiger partial charge in [0.2, 0.25) is 0 Å². The van der Waals surface area contributed by atoms with Crippen LogP contribution in [0, 0.1) is 6.92 Å². The molecular formula is C11H17B. The van der Waals surface area contributed by atoms with Gasteiger partial charge in [0, 0.05) is 0 Å². The second-order valence-corrected chi connectivity index (χ2v) is 3.92. The summed E-state index contributed by atoms with van der Waals surface area (Å²) in [5.41, 5.74) is 2.85. The molecule has 0 saturated carbocycles. The normalized spacial score (nSPS) is 10.3. The Bertz CT molecular complexity index is 241. The summed E-state index contributed by atoms with van der Waals surface area (Å²) in [7, 11) is 1.30. The van der Waals surface area contributed by atoms with Crippen molar-refractivity contribution in [3.05, 3.63) is 35.4 Å². The molecular weight excluding hydrogens is 143 g/mol. The lowest BCUT2D eigenvalue weighted by molar-refractivity contribution is 1.04. The molecule has 0 N–H and O–H groups in total. The molecule has 0 aliphatic heterocycles. The van der Waals surface area contributed by atoms with E-state index in [2.05, 4.69) is 45.0 Å². The molecule has 1 aromatic rings. The van der Waals surface area contributed by atoms with Crippen LogP contribution in [0.1, 0.15) is 25.0 Å². The highest BCUT2D eigenvalue weighted by molar-refractivity contribution is 6.36. The molecule has 0 heterocycles. The first-order chi connectivity index (χ1) is 5.68. The average molecular weight is 160 g/mol. The van der Waals surface area contributed by atoms with Crippen molar-refractivity contribution in [3.8, 4) is 0 Å². The predicted molar refractivity (Wildman–Crippen MR) is 57.1 cm³/mol. The third kappa shape index (κ3) is 3.12. The lowest BCUT2D eigenvalue weighted by Crippen LogP contribution is -2.00. The van der Waals surface area contributed by atoms with Crippen molar-refractivity contribution in [2.75, 3.05) is 0 Å². The van der Waals surface area contributed by atoms with E-state index >= 15 is 0 Å². The third-order valence-electron chi connectivity index (χ3n) is 2.09. The molecule has 1 rings (SSSR count). The van der Waals surface area contributed by atoms with Crippen molar-refractivity contribution in [1.29, 1.82) is 0 Å². The first-order valence-corrected chi connectivity index (χ1v) is 4.74. The van der Waals surface area contributed by atoms with Gasteiger partial charge in [-0.15, -0.1) is 0 Å². The van der Waals surface area contributed by atoms with Crippen LogP contribution in [0.5, 0.6) is 0 Å². The minimum absolute atomic E-state index is 0.811. The molecule has 0 atom stereocenters. The van der Waals surface area contributed by atoms with Gasteiger partial charge in [0.25, 0.3) is 0 Å². The second-order valence-electron chi connectivity index (χ2n) is 3.92. The topological polar surface area (TPSA) is 0 Å². The van der Waals surface area contributed by atoms with Crippen LogP contribution in [-0.4, -0.2) is 7.28 Å². The van der Waals surface area contributed by atoms with E-state index in [1.807, 2.05) is 0 Å². The molecule has 0 aromatic heterocycles. The maximum atomic E-state index is 2.28. The van der Waals surface area contributed by atoms with Crippen LogP contribution >= 0.6 is 0 Å². The van der Waals surface area contributed by atoms with Crippen LogP contribution in [0.15, 0.2) is 24.3 Å². The largest absolute Gasteiger partial charge is 0.128 e. The minimum Gasteiger partial charge on any atom is -0.0709 e. The highest BCUT2D eigenvalue weighted by Gasteiger charge is 1.98. The van der Waals surface area contributed by atoms with Crippen molar-refractivity contribution in [2.24, 2.45) is 0 Å². The fraction of sp³-hybridized carbons (Fsp3) is 0.455. The van der Waals surface area contributed by atoms with E-state index in [1.165, 1.54) is 24.7 Å². The number of hydrogen-bond acceptors (Lipinski definition) is 0.